The van der Waals surface area contributed by atoms with Gasteiger partial charge in [-0.3, -0.25) is 0 Å². The van der Waals surface area contributed by atoms with Gasteiger partial charge in [-0.15, -0.1) is 0 Å². The molecule has 0 unspecified atom stereocenters. The molecule has 4 nitrogen and oxygen atoms in total. The van der Waals surface area contributed by atoms with Gasteiger partial charge in [0.05, 0.1) is 24.2 Å². The first-order valence-electron chi connectivity index (χ1n) is 5.17. The van der Waals surface area contributed by atoms with Crippen LogP contribution in [0.15, 0.2) is 6.20 Å². The summed E-state index contributed by atoms with van der Waals surface area (Å²) in [4.78, 5) is 8.05. The lowest BCUT2D eigenvalue weighted by molar-refractivity contribution is -0.173. The van der Waals surface area contributed by atoms with Crippen LogP contribution in [0.5, 0.6) is 0 Å². The first-order valence-corrected chi connectivity index (χ1v) is 5.17. The van der Waals surface area contributed by atoms with Gasteiger partial charge in [0, 0.05) is 6.42 Å². The average molecular weight is 249 g/mol. The van der Waals surface area contributed by atoms with Crippen LogP contribution in [-0.2, 0) is 17.6 Å². The molecule has 0 saturated carbocycles. The van der Waals surface area contributed by atoms with Crippen LogP contribution in [0.2, 0.25) is 0 Å². The molecule has 0 spiro atoms. The molecule has 7 heteroatoms. The minimum atomic E-state index is -4.30. The van der Waals surface area contributed by atoms with Crippen molar-refractivity contribution in [3.05, 3.63) is 17.7 Å². The Kier molecular flexibility index (Phi) is 4.68. The molecule has 1 rings (SSSR count). The number of hydrogen-bond acceptors (Lipinski definition) is 4. The van der Waals surface area contributed by atoms with Gasteiger partial charge >= 0.3 is 6.18 Å². The number of nitrogens with zero attached hydrogens (tertiary/aromatic N) is 2. The summed E-state index contributed by atoms with van der Waals surface area (Å²) in [5.41, 5.74) is 6.80. The summed E-state index contributed by atoms with van der Waals surface area (Å²) in [5.74, 6) is 0.443. The molecule has 17 heavy (non-hydrogen) atoms. The van der Waals surface area contributed by atoms with E-state index in [0.29, 0.717) is 23.6 Å². The van der Waals surface area contributed by atoms with Crippen molar-refractivity contribution in [2.24, 2.45) is 0 Å². The highest BCUT2D eigenvalue weighted by Gasteiger charge is 2.27. The first-order chi connectivity index (χ1) is 7.92. The molecule has 2 N–H and O–H groups in total. The summed E-state index contributed by atoms with van der Waals surface area (Å²) in [7, 11) is 0. The minimum absolute atomic E-state index is 0.0629. The maximum atomic E-state index is 11.8. The molecule has 0 bridgehead atoms. The van der Waals surface area contributed by atoms with Crippen LogP contribution >= 0.6 is 0 Å². The van der Waals surface area contributed by atoms with Crippen LogP contribution in [0.4, 0.5) is 18.9 Å². The van der Waals surface area contributed by atoms with E-state index < -0.39 is 12.8 Å². The van der Waals surface area contributed by atoms with Crippen LogP contribution in [0, 0.1) is 0 Å². The Morgan fingerprint density at radius 1 is 1.41 bits per heavy atom. The molecule has 0 aliphatic heterocycles. The fourth-order valence-electron chi connectivity index (χ4n) is 1.22. The van der Waals surface area contributed by atoms with Crippen molar-refractivity contribution in [1.82, 2.24) is 9.97 Å². The maximum absolute atomic E-state index is 11.8. The van der Waals surface area contributed by atoms with Gasteiger partial charge in [-0.25, -0.2) is 9.97 Å². The van der Waals surface area contributed by atoms with Gasteiger partial charge in [-0.2, -0.15) is 13.2 Å². The zero-order valence-corrected chi connectivity index (χ0v) is 9.42. The molecular weight excluding hydrogens is 235 g/mol. The first kappa shape index (κ1) is 13.7. The molecule has 0 aliphatic carbocycles. The van der Waals surface area contributed by atoms with Crippen molar-refractivity contribution < 1.29 is 17.9 Å². The fraction of sp³-hybridized carbons (Fsp3) is 0.600. The molecule has 0 saturated heterocycles. The van der Waals surface area contributed by atoms with E-state index in [1.165, 1.54) is 6.20 Å². The minimum Gasteiger partial charge on any atom is -0.396 e. The molecule has 96 valence electrons. The van der Waals surface area contributed by atoms with E-state index in [1.54, 1.807) is 0 Å². The van der Waals surface area contributed by atoms with E-state index in [4.69, 9.17) is 5.73 Å². The Labute approximate surface area is 97.0 Å². The summed E-state index contributed by atoms with van der Waals surface area (Å²) in [5, 5.41) is 0. The number of halogens is 3. The molecule has 0 fully saturated rings. The standard InChI is InChI=1S/C10H14F3N3O/c1-2-8-7(14)5-15-9(16-8)3-4-17-6-10(11,12)13/h5H,2-4,6,14H2,1H3. The van der Waals surface area contributed by atoms with E-state index in [2.05, 4.69) is 14.7 Å². The fourth-order valence-corrected chi connectivity index (χ4v) is 1.22. The summed E-state index contributed by atoms with van der Waals surface area (Å²) in [6.07, 6.45) is -1.93. The third-order valence-electron chi connectivity index (χ3n) is 2.02. The van der Waals surface area contributed by atoms with E-state index >= 15 is 0 Å². The van der Waals surface area contributed by atoms with Gasteiger partial charge in [-0.1, -0.05) is 6.92 Å². The van der Waals surface area contributed by atoms with Gasteiger partial charge < -0.3 is 10.5 Å². The summed E-state index contributed by atoms with van der Waals surface area (Å²) in [6, 6.07) is 0. The molecule has 0 aromatic carbocycles. The van der Waals surface area contributed by atoms with Crippen LogP contribution in [0.1, 0.15) is 18.4 Å². The van der Waals surface area contributed by atoms with Gasteiger partial charge in [0.15, 0.2) is 0 Å². The van der Waals surface area contributed by atoms with Crippen LogP contribution in [0.25, 0.3) is 0 Å². The Balaban J connectivity index is 2.42. The molecular formula is C10H14F3N3O. The molecule has 0 aliphatic rings. The zero-order chi connectivity index (χ0) is 12.9. The number of aromatic nitrogens is 2. The Bertz CT molecular complexity index is 368. The lowest BCUT2D eigenvalue weighted by atomic mass is 10.3. The maximum Gasteiger partial charge on any atom is 0.411 e. The van der Waals surface area contributed by atoms with Gasteiger partial charge in [0.25, 0.3) is 0 Å². The highest BCUT2D eigenvalue weighted by Crippen LogP contribution is 2.14. The number of rotatable bonds is 5. The summed E-state index contributed by atoms with van der Waals surface area (Å²) >= 11 is 0. The predicted octanol–water partition coefficient (Wildman–Crippen LogP) is 1.74. The quantitative estimate of drug-likeness (QED) is 0.807. The molecule has 1 heterocycles. The second-order valence-electron chi connectivity index (χ2n) is 3.46. The molecule has 1 aromatic heterocycles. The number of hydrogen-bond donors (Lipinski definition) is 1. The van der Waals surface area contributed by atoms with Gasteiger partial charge in [0.2, 0.25) is 0 Å². The average Bonchev–Trinajstić information content (AvgIpc) is 2.25. The molecule has 0 radical (unpaired) electrons. The van der Waals surface area contributed by atoms with Crippen molar-refractivity contribution in [3.8, 4) is 0 Å². The van der Waals surface area contributed by atoms with Crippen LogP contribution < -0.4 is 5.73 Å². The van der Waals surface area contributed by atoms with Gasteiger partial charge in [-0.05, 0) is 6.42 Å². The van der Waals surface area contributed by atoms with E-state index in [9.17, 15) is 13.2 Å². The Hall–Kier alpha value is -1.37. The summed E-state index contributed by atoms with van der Waals surface area (Å²) < 4.78 is 39.8. The number of alkyl halides is 3. The van der Waals surface area contributed by atoms with Crippen molar-refractivity contribution >= 4 is 5.69 Å². The van der Waals surface area contributed by atoms with Crippen LogP contribution in [-0.4, -0.2) is 29.4 Å². The second-order valence-corrected chi connectivity index (χ2v) is 3.46. The number of anilines is 1. The van der Waals surface area contributed by atoms with E-state index in [-0.39, 0.29) is 13.0 Å². The van der Waals surface area contributed by atoms with Crippen molar-refractivity contribution in [2.45, 2.75) is 25.9 Å². The smallest absolute Gasteiger partial charge is 0.396 e. The Morgan fingerprint density at radius 3 is 2.71 bits per heavy atom. The molecule has 0 amide bonds. The second kappa shape index (κ2) is 5.81. The number of ether oxygens (including phenoxy) is 1. The molecule has 1 aromatic rings. The monoisotopic (exact) mass is 249 g/mol. The summed E-state index contributed by atoms with van der Waals surface area (Å²) in [6.45, 7) is 0.581. The van der Waals surface area contributed by atoms with Crippen molar-refractivity contribution in [3.63, 3.8) is 0 Å². The highest BCUT2D eigenvalue weighted by molar-refractivity contribution is 5.40. The highest BCUT2D eigenvalue weighted by atomic mass is 19.4. The Morgan fingerprint density at radius 2 is 2.12 bits per heavy atom. The van der Waals surface area contributed by atoms with E-state index in [0.717, 1.165) is 0 Å². The lowest BCUT2D eigenvalue weighted by Crippen LogP contribution is -2.18. The van der Waals surface area contributed by atoms with Crippen molar-refractivity contribution in [1.29, 1.82) is 0 Å². The third-order valence-corrected chi connectivity index (χ3v) is 2.02. The predicted molar refractivity (Wildman–Crippen MR) is 56.4 cm³/mol. The number of nitrogen functional groups attached to an aromatic ring is 1. The van der Waals surface area contributed by atoms with Crippen molar-refractivity contribution in [2.75, 3.05) is 18.9 Å². The third kappa shape index (κ3) is 4.99. The topological polar surface area (TPSA) is 61.0 Å². The van der Waals surface area contributed by atoms with E-state index in [1.807, 2.05) is 6.92 Å². The number of nitrogens with two attached hydrogens (primary N) is 1. The van der Waals surface area contributed by atoms with Crippen LogP contribution in [0.3, 0.4) is 0 Å². The number of aryl methyl sites for hydroxylation is 1. The van der Waals surface area contributed by atoms with Gasteiger partial charge in [0.1, 0.15) is 12.4 Å². The normalized spacial score (nSPS) is 11.8. The lowest BCUT2D eigenvalue weighted by Gasteiger charge is -2.08. The largest absolute Gasteiger partial charge is 0.411 e. The SMILES string of the molecule is CCc1nc(CCOCC(F)(F)F)ncc1N. The molecule has 0 atom stereocenters. The zero-order valence-electron chi connectivity index (χ0n) is 9.42.